The van der Waals surface area contributed by atoms with Crippen molar-refractivity contribution in [3.63, 3.8) is 0 Å². The van der Waals surface area contributed by atoms with Crippen LogP contribution in [0.1, 0.15) is 29.3 Å². The molecule has 0 N–H and O–H groups in total. The highest BCUT2D eigenvalue weighted by molar-refractivity contribution is 5.94. The highest BCUT2D eigenvalue weighted by Gasteiger charge is 2.01. The highest BCUT2D eigenvalue weighted by atomic mass is 16.5. The lowest BCUT2D eigenvalue weighted by Gasteiger charge is -2.07. The van der Waals surface area contributed by atoms with Crippen molar-refractivity contribution in [2.45, 2.75) is 19.8 Å². The Morgan fingerprint density at radius 3 is 2.74 bits per heavy atom. The lowest BCUT2D eigenvalue weighted by Crippen LogP contribution is -2.00. The Morgan fingerprint density at radius 2 is 2.00 bits per heavy atom. The van der Waals surface area contributed by atoms with Gasteiger partial charge in [0, 0.05) is 18.0 Å². The summed E-state index contributed by atoms with van der Waals surface area (Å²) in [5, 5.41) is 0. The lowest BCUT2D eigenvalue weighted by atomic mass is 10.1. The zero-order chi connectivity index (χ0) is 13.5. The number of Topliss-reactive ketones (excluding diaryl/α,β-unsaturated/α-hetero) is 1. The third kappa shape index (κ3) is 4.21. The molecule has 19 heavy (non-hydrogen) atoms. The third-order valence-electron chi connectivity index (χ3n) is 2.87. The summed E-state index contributed by atoms with van der Waals surface area (Å²) in [5.74, 6) is 0.810. The first-order valence-electron chi connectivity index (χ1n) is 6.38. The molecule has 0 bridgehead atoms. The zero-order valence-electron chi connectivity index (χ0n) is 11.0. The number of pyridine rings is 1. The van der Waals surface area contributed by atoms with Crippen LogP contribution in [0.25, 0.3) is 0 Å². The number of hydrogen-bond acceptors (Lipinski definition) is 3. The predicted molar refractivity (Wildman–Crippen MR) is 74.5 cm³/mol. The summed E-state index contributed by atoms with van der Waals surface area (Å²) in [6.07, 6.45) is 5.50. The van der Waals surface area contributed by atoms with E-state index in [2.05, 4.69) is 4.98 Å². The number of nitrogens with zero attached hydrogens (tertiary/aromatic N) is 1. The zero-order valence-corrected chi connectivity index (χ0v) is 11.0. The molecule has 1 aromatic carbocycles. The highest BCUT2D eigenvalue weighted by Crippen LogP contribution is 2.14. The molecule has 3 nitrogen and oxygen atoms in total. The van der Waals surface area contributed by atoms with Crippen LogP contribution in [0, 0.1) is 0 Å². The molecule has 0 amide bonds. The lowest BCUT2D eigenvalue weighted by molar-refractivity contribution is 0.101. The Labute approximate surface area is 113 Å². The average molecular weight is 255 g/mol. The predicted octanol–water partition coefficient (Wildman–Crippen LogP) is 3.30. The Morgan fingerprint density at radius 1 is 1.21 bits per heavy atom. The summed E-state index contributed by atoms with van der Waals surface area (Å²) in [6.45, 7) is 2.20. The molecule has 0 unspecified atom stereocenters. The smallest absolute Gasteiger partial charge is 0.159 e. The molecule has 0 atom stereocenters. The average Bonchev–Trinajstić information content (AvgIpc) is 2.45. The number of rotatable bonds is 6. The van der Waals surface area contributed by atoms with Gasteiger partial charge in [-0.25, -0.2) is 0 Å². The van der Waals surface area contributed by atoms with Gasteiger partial charge in [0.2, 0.25) is 0 Å². The maximum absolute atomic E-state index is 11.3. The Balaban J connectivity index is 1.80. The van der Waals surface area contributed by atoms with Gasteiger partial charge in [0.25, 0.3) is 0 Å². The molecular weight excluding hydrogens is 238 g/mol. The van der Waals surface area contributed by atoms with Gasteiger partial charge >= 0.3 is 0 Å². The standard InChI is InChI=1S/C16H17NO2/c1-13(18)15-5-2-6-16(12-15)19-11-3-4-14-7-9-17-10-8-14/h2,5-10,12H,3-4,11H2,1H3. The Bertz CT molecular complexity index is 537. The normalized spacial score (nSPS) is 10.2. The molecule has 1 aromatic heterocycles. The summed E-state index contributed by atoms with van der Waals surface area (Å²) in [7, 11) is 0. The van der Waals surface area contributed by atoms with Crippen LogP contribution in [0.4, 0.5) is 0 Å². The molecule has 0 aliphatic rings. The topological polar surface area (TPSA) is 39.2 Å². The van der Waals surface area contributed by atoms with Crippen molar-refractivity contribution < 1.29 is 9.53 Å². The van der Waals surface area contributed by atoms with Crippen LogP contribution >= 0.6 is 0 Å². The van der Waals surface area contributed by atoms with Crippen molar-refractivity contribution in [1.29, 1.82) is 0 Å². The minimum atomic E-state index is 0.0576. The summed E-state index contributed by atoms with van der Waals surface area (Å²) in [4.78, 5) is 15.2. The van der Waals surface area contributed by atoms with Crippen molar-refractivity contribution in [3.8, 4) is 5.75 Å². The van der Waals surface area contributed by atoms with E-state index < -0.39 is 0 Å². The summed E-state index contributed by atoms with van der Waals surface area (Å²) in [5.41, 5.74) is 1.95. The van der Waals surface area contributed by atoms with Gasteiger partial charge in [0.05, 0.1) is 6.61 Å². The summed E-state index contributed by atoms with van der Waals surface area (Å²) >= 11 is 0. The molecule has 0 saturated carbocycles. The molecule has 0 spiro atoms. The molecule has 0 saturated heterocycles. The van der Waals surface area contributed by atoms with Crippen LogP contribution in [0.15, 0.2) is 48.8 Å². The van der Waals surface area contributed by atoms with E-state index in [9.17, 15) is 4.79 Å². The number of ether oxygens (including phenoxy) is 1. The van der Waals surface area contributed by atoms with E-state index in [1.54, 1.807) is 31.5 Å². The van der Waals surface area contributed by atoms with Gasteiger partial charge < -0.3 is 4.74 Å². The number of carbonyl (C=O) groups excluding carboxylic acids is 1. The van der Waals surface area contributed by atoms with Crippen molar-refractivity contribution in [1.82, 2.24) is 4.98 Å². The van der Waals surface area contributed by atoms with E-state index in [0.29, 0.717) is 12.2 Å². The molecule has 2 aromatic rings. The van der Waals surface area contributed by atoms with Gasteiger partial charge in [-0.1, -0.05) is 12.1 Å². The number of aromatic nitrogens is 1. The van der Waals surface area contributed by atoms with Crippen LogP contribution in [0.2, 0.25) is 0 Å². The molecule has 0 aliphatic carbocycles. The van der Waals surface area contributed by atoms with E-state index in [1.807, 2.05) is 24.3 Å². The molecule has 0 aliphatic heterocycles. The fraction of sp³-hybridized carbons (Fsp3) is 0.250. The molecule has 98 valence electrons. The van der Waals surface area contributed by atoms with E-state index in [0.717, 1.165) is 18.6 Å². The number of benzene rings is 1. The van der Waals surface area contributed by atoms with Crippen molar-refractivity contribution in [3.05, 3.63) is 59.9 Å². The number of carbonyl (C=O) groups is 1. The van der Waals surface area contributed by atoms with E-state index in [1.165, 1.54) is 5.56 Å². The minimum absolute atomic E-state index is 0.0576. The Kier molecular flexibility index (Phi) is 4.67. The summed E-state index contributed by atoms with van der Waals surface area (Å²) in [6, 6.07) is 11.3. The summed E-state index contributed by atoms with van der Waals surface area (Å²) < 4.78 is 5.65. The van der Waals surface area contributed by atoms with Crippen LogP contribution in [-0.2, 0) is 6.42 Å². The van der Waals surface area contributed by atoms with Crippen molar-refractivity contribution in [2.24, 2.45) is 0 Å². The monoisotopic (exact) mass is 255 g/mol. The first-order chi connectivity index (χ1) is 9.25. The van der Waals surface area contributed by atoms with Crippen LogP contribution in [0.5, 0.6) is 5.75 Å². The van der Waals surface area contributed by atoms with Crippen molar-refractivity contribution >= 4 is 5.78 Å². The third-order valence-corrected chi connectivity index (χ3v) is 2.87. The maximum atomic E-state index is 11.3. The fourth-order valence-corrected chi connectivity index (χ4v) is 1.82. The van der Waals surface area contributed by atoms with E-state index in [4.69, 9.17) is 4.74 Å². The molecule has 2 rings (SSSR count). The molecule has 0 radical (unpaired) electrons. The fourth-order valence-electron chi connectivity index (χ4n) is 1.82. The van der Waals surface area contributed by atoms with E-state index >= 15 is 0 Å². The molecule has 3 heteroatoms. The van der Waals surface area contributed by atoms with Gasteiger partial charge in [0.15, 0.2) is 5.78 Å². The van der Waals surface area contributed by atoms with Gasteiger partial charge in [-0.15, -0.1) is 0 Å². The molecular formula is C16H17NO2. The first-order valence-corrected chi connectivity index (χ1v) is 6.38. The second kappa shape index (κ2) is 6.69. The number of aryl methyl sites for hydroxylation is 1. The second-order valence-electron chi connectivity index (χ2n) is 4.39. The SMILES string of the molecule is CC(=O)c1cccc(OCCCc2ccncc2)c1. The van der Waals surface area contributed by atoms with Crippen molar-refractivity contribution in [2.75, 3.05) is 6.61 Å². The number of ketones is 1. The molecule has 0 fully saturated rings. The van der Waals surface area contributed by atoms with Crippen LogP contribution in [-0.4, -0.2) is 17.4 Å². The van der Waals surface area contributed by atoms with E-state index in [-0.39, 0.29) is 5.78 Å². The minimum Gasteiger partial charge on any atom is -0.494 e. The Hall–Kier alpha value is -2.16. The first kappa shape index (κ1) is 13.3. The largest absolute Gasteiger partial charge is 0.494 e. The molecule has 1 heterocycles. The van der Waals surface area contributed by atoms with Gasteiger partial charge in [0.1, 0.15) is 5.75 Å². The quantitative estimate of drug-likeness (QED) is 0.587. The van der Waals surface area contributed by atoms with Gasteiger partial charge in [-0.2, -0.15) is 0 Å². The van der Waals surface area contributed by atoms with Crippen LogP contribution < -0.4 is 4.74 Å². The van der Waals surface area contributed by atoms with Gasteiger partial charge in [-0.05, 0) is 49.6 Å². The second-order valence-corrected chi connectivity index (χ2v) is 4.39. The van der Waals surface area contributed by atoms with Crippen LogP contribution in [0.3, 0.4) is 0 Å². The maximum Gasteiger partial charge on any atom is 0.159 e. The van der Waals surface area contributed by atoms with Gasteiger partial charge in [-0.3, -0.25) is 9.78 Å². The number of hydrogen-bond donors (Lipinski definition) is 0.